The number of esters is 1. The fourth-order valence-corrected chi connectivity index (χ4v) is 0.117. The van der Waals surface area contributed by atoms with E-state index >= 15 is 0 Å². The number of carboxylic acids is 1. The van der Waals surface area contributed by atoms with Crippen molar-refractivity contribution >= 4 is 23.5 Å². The minimum atomic E-state index is -0.935. The highest BCUT2D eigenvalue weighted by molar-refractivity contribution is 6.25. The van der Waals surface area contributed by atoms with Gasteiger partial charge in [-0.3, -0.25) is 4.79 Å². The van der Waals surface area contributed by atoms with Crippen LogP contribution in [0.25, 0.3) is 0 Å². The van der Waals surface area contributed by atoms with Gasteiger partial charge in [-0.05, 0) is 12.5 Å². The molecular weight excluding hydrogens is 220 g/mol. The molecule has 15 heavy (non-hydrogen) atoms. The maximum atomic E-state index is 9.75. The molecule has 0 fully saturated rings. The number of carboxylic acid groups (broad SMARTS) is 1. The molecule has 0 aliphatic rings. The van der Waals surface area contributed by atoms with Gasteiger partial charge >= 0.3 is 11.9 Å². The predicted octanol–water partition coefficient (Wildman–Crippen LogP) is 2.71. The molecule has 0 unspecified atom stereocenters. The molecule has 0 atom stereocenters. The van der Waals surface area contributed by atoms with E-state index in [4.69, 9.17) is 16.7 Å². The van der Waals surface area contributed by atoms with Gasteiger partial charge in [-0.15, -0.1) is 0 Å². The molecule has 0 bridgehead atoms. The molecule has 0 aromatic heterocycles. The molecule has 0 heterocycles. The first-order valence-corrected chi connectivity index (χ1v) is 4.15. The lowest BCUT2D eigenvalue weighted by molar-refractivity contribution is -0.135. The Morgan fingerprint density at radius 1 is 1.33 bits per heavy atom. The lowest BCUT2D eigenvalue weighted by atomic mass is 10.4. The third kappa shape index (κ3) is 45.8. The standard InChI is InChI=1S/2C4H6O2.C2H3Cl/c1-3-6-4(2)5;1-3(2)4(5)6;1-2-3/h3H,1H2,2H3;1H2,2H3,(H,5,6);2H,1H2. The summed E-state index contributed by atoms with van der Waals surface area (Å²) < 4.78 is 4.17. The van der Waals surface area contributed by atoms with Gasteiger partial charge in [0.05, 0.1) is 6.26 Å². The SMILES string of the molecule is C=C(C)C(=O)O.C=CCl.C=COC(C)=O. The Balaban J connectivity index is -0.000000153. The van der Waals surface area contributed by atoms with E-state index in [2.05, 4.69) is 24.5 Å². The molecule has 0 amide bonds. The Bertz CT molecular complexity index is 222. The summed E-state index contributed by atoms with van der Waals surface area (Å²) in [6, 6.07) is 0. The number of hydrogen-bond donors (Lipinski definition) is 1. The summed E-state index contributed by atoms with van der Waals surface area (Å²) in [6.07, 6.45) is 1.10. The molecule has 86 valence electrons. The summed E-state index contributed by atoms with van der Waals surface area (Å²) in [5, 5.41) is 7.89. The number of ether oxygens (including phenoxy) is 1. The molecule has 1 N–H and O–H groups in total. The van der Waals surface area contributed by atoms with Crippen molar-refractivity contribution in [1.82, 2.24) is 0 Å². The second-order valence-corrected chi connectivity index (χ2v) is 2.32. The first kappa shape index (κ1) is 19.1. The zero-order chi connectivity index (χ0) is 12.9. The molecule has 0 rings (SSSR count). The molecular formula is C10H15ClO4. The number of aliphatic carboxylic acids is 1. The van der Waals surface area contributed by atoms with E-state index in [0.29, 0.717) is 0 Å². The molecule has 0 aromatic carbocycles. The number of carbonyl (C=O) groups excluding carboxylic acids is 1. The van der Waals surface area contributed by atoms with Gasteiger partial charge in [0.25, 0.3) is 0 Å². The third-order valence-corrected chi connectivity index (χ3v) is 0.614. The van der Waals surface area contributed by atoms with Gasteiger partial charge in [0.15, 0.2) is 0 Å². The van der Waals surface area contributed by atoms with Crippen LogP contribution in [0, 0.1) is 0 Å². The van der Waals surface area contributed by atoms with Crippen LogP contribution in [0.1, 0.15) is 13.8 Å². The highest BCUT2D eigenvalue weighted by Crippen LogP contribution is 1.81. The van der Waals surface area contributed by atoms with Gasteiger partial charge in [-0.1, -0.05) is 31.3 Å². The predicted molar refractivity (Wildman–Crippen MR) is 60.5 cm³/mol. The van der Waals surface area contributed by atoms with Crippen LogP contribution in [0.3, 0.4) is 0 Å². The van der Waals surface area contributed by atoms with Crippen molar-refractivity contribution in [1.29, 1.82) is 0 Å². The minimum absolute atomic E-state index is 0.176. The molecule has 0 saturated heterocycles. The summed E-state index contributed by atoms with van der Waals surface area (Å²) in [5.41, 5.74) is 1.40. The molecule has 0 aliphatic heterocycles. The normalized spacial score (nSPS) is 6.60. The molecule has 4 nitrogen and oxygen atoms in total. The minimum Gasteiger partial charge on any atom is -0.478 e. The number of rotatable bonds is 2. The van der Waals surface area contributed by atoms with Crippen molar-refractivity contribution in [2.24, 2.45) is 0 Å². The Kier molecular flexibility index (Phi) is 19.0. The van der Waals surface area contributed by atoms with E-state index in [9.17, 15) is 9.59 Å². The van der Waals surface area contributed by atoms with E-state index in [0.717, 1.165) is 6.26 Å². The molecule has 0 radical (unpaired) electrons. The maximum Gasteiger partial charge on any atom is 0.330 e. The lowest BCUT2D eigenvalue weighted by Gasteiger charge is -1.83. The van der Waals surface area contributed by atoms with Crippen molar-refractivity contribution in [3.05, 3.63) is 37.1 Å². The number of halogens is 1. The lowest BCUT2D eigenvalue weighted by Crippen LogP contribution is -1.92. The van der Waals surface area contributed by atoms with Crippen LogP contribution in [0.4, 0.5) is 0 Å². The zero-order valence-electron chi connectivity index (χ0n) is 8.83. The largest absolute Gasteiger partial charge is 0.478 e. The summed E-state index contributed by atoms with van der Waals surface area (Å²) in [5.74, 6) is -1.26. The summed E-state index contributed by atoms with van der Waals surface area (Å²) in [6.45, 7) is 12.2. The third-order valence-electron chi connectivity index (χ3n) is 0.614. The van der Waals surface area contributed by atoms with E-state index in [-0.39, 0.29) is 11.5 Å². The number of carbonyl (C=O) groups is 2. The first-order valence-electron chi connectivity index (χ1n) is 3.71. The molecule has 0 spiro atoms. The number of hydrogen-bond acceptors (Lipinski definition) is 3. The molecule has 0 aliphatic carbocycles. The van der Waals surface area contributed by atoms with E-state index in [1.165, 1.54) is 19.4 Å². The van der Waals surface area contributed by atoms with Crippen molar-refractivity contribution in [2.75, 3.05) is 0 Å². The Morgan fingerprint density at radius 2 is 1.60 bits per heavy atom. The molecule has 0 aromatic rings. The van der Waals surface area contributed by atoms with Crippen LogP contribution < -0.4 is 0 Å². The van der Waals surface area contributed by atoms with Gasteiger partial charge in [0.1, 0.15) is 0 Å². The molecule has 5 heteroatoms. The maximum absolute atomic E-state index is 9.75. The Hall–Kier alpha value is -1.55. The average molecular weight is 235 g/mol. The van der Waals surface area contributed by atoms with Crippen LogP contribution in [-0.4, -0.2) is 17.0 Å². The molecule has 0 saturated carbocycles. The van der Waals surface area contributed by atoms with Crippen LogP contribution in [0.5, 0.6) is 0 Å². The van der Waals surface area contributed by atoms with Gasteiger partial charge in [0.2, 0.25) is 0 Å². The fraction of sp³-hybridized carbons (Fsp3) is 0.200. The highest BCUT2D eigenvalue weighted by atomic mass is 35.5. The topological polar surface area (TPSA) is 63.6 Å². The van der Waals surface area contributed by atoms with Gasteiger partial charge < -0.3 is 9.84 Å². The van der Waals surface area contributed by atoms with Gasteiger partial charge in [0, 0.05) is 12.5 Å². The quantitative estimate of drug-likeness (QED) is 0.453. The second kappa shape index (κ2) is 14.9. The van der Waals surface area contributed by atoms with Crippen molar-refractivity contribution in [3.8, 4) is 0 Å². The van der Waals surface area contributed by atoms with Gasteiger partial charge in [-0.25, -0.2) is 4.79 Å². The van der Waals surface area contributed by atoms with Crippen molar-refractivity contribution in [2.45, 2.75) is 13.8 Å². The van der Waals surface area contributed by atoms with E-state index in [1.54, 1.807) is 0 Å². The second-order valence-electron chi connectivity index (χ2n) is 2.02. The van der Waals surface area contributed by atoms with E-state index in [1.807, 2.05) is 0 Å². The van der Waals surface area contributed by atoms with E-state index < -0.39 is 5.97 Å². The summed E-state index contributed by atoms with van der Waals surface area (Å²) in [4.78, 5) is 19.3. The van der Waals surface area contributed by atoms with Crippen LogP contribution in [0.2, 0.25) is 0 Å². The van der Waals surface area contributed by atoms with Crippen molar-refractivity contribution < 1.29 is 19.4 Å². The summed E-state index contributed by atoms with van der Waals surface area (Å²) >= 11 is 4.76. The van der Waals surface area contributed by atoms with Crippen LogP contribution in [-0.2, 0) is 14.3 Å². The smallest absolute Gasteiger partial charge is 0.330 e. The van der Waals surface area contributed by atoms with Crippen LogP contribution in [0.15, 0.2) is 37.1 Å². The zero-order valence-corrected chi connectivity index (χ0v) is 9.58. The average Bonchev–Trinajstić information content (AvgIpc) is 2.05. The summed E-state index contributed by atoms with van der Waals surface area (Å²) in [7, 11) is 0. The van der Waals surface area contributed by atoms with Crippen molar-refractivity contribution in [3.63, 3.8) is 0 Å². The van der Waals surface area contributed by atoms with Crippen LogP contribution >= 0.6 is 11.6 Å². The Labute approximate surface area is 94.5 Å². The monoisotopic (exact) mass is 234 g/mol. The fourth-order valence-electron chi connectivity index (χ4n) is 0.117. The highest BCUT2D eigenvalue weighted by Gasteiger charge is 1.90. The first-order chi connectivity index (χ1) is 6.83. The van der Waals surface area contributed by atoms with Gasteiger partial charge in [-0.2, -0.15) is 0 Å². The Morgan fingerprint density at radius 3 is 1.60 bits per heavy atom.